The van der Waals surface area contributed by atoms with Gasteiger partial charge < -0.3 is 11.1 Å². The molecule has 2 aromatic carbocycles. The Labute approximate surface area is 116 Å². The van der Waals surface area contributed by atoms with E-state index < -0.39 is 5.82 Å². The predicted octanol–water partition coefficient (Wildman–Crippen LogP) is 2.31. The summed E-state index contributed by atoms with van der Waals surface area (Å²) in [7, 11) is 0. The van der Waals surface area contributed by atoms with Crippen LogP contribution in [-0.2, 0) is 12.8 Å². The molecule has 1 amide bonds. The van der Waals surface area contributed by atoms with Crippen LogP contribution in [0.4, 0.5) is 10.1 Å². The summed E-state index contributed by atoms with van der Waals surface area (Å²) >= 11 is 0. The van der Waals surface area contributed by atoms with Gasteiger partial charge in [0.1, 0.15) is 5.82 Å². The van der Waals surface area contributed by atoms with Gasteiger partial charge >= 0.3 is 0 Å². The van der Waals surface area contributed by atoms with E-state index in [4.69, 9.17) is 5.73 Å². The SMILES string of the molecule is Nc1cc(F)cc(C(=O)NC2Cc3ccccc3C2)c1. The number of hydrogen-bond donors (Lipinski definition) is 2. The quantitative estimate of drug-likeness (QED) is 0.823. The summed E-state index contributed by atoms with van der Waals surface area (Å²) in [6.45, 7) is 0. The molecule has 0 spiro atoms. The molecule has 0 atom stereocenters. The Balaban J connectivity index is 1.72. The van der Waals surface area contributed by atoms with E-state index in [1.165, 1.54) is 29.3 Å². The predicted molar refractivity (Wildman–Crippen MR) is 75.9 cm³/mol. The molecule has 3 rings (SSSR count). The first-order valence-electron chi connectivity index (χ1n) is 6.55. The first-order chi connectivity index (χ1) is 9.61. The van der Waals surface area contributed by atoms with Crippen LogP contribution in [0.3, 0.4) is 0 Å². The summed E-state index contributed by atoms with van der Waals surface area (Å²) in [5, 5.41) is 2.94. The van der Waals surface area contributed by atoms with E-state index in [9.17, 15) is 9.18 Å². The lowest BCUT2D eigenvalue weighted by Gasteiger charge is -2.12. The van der Waals surface area contributed by atoms with E-state index in [1.807, 2.05) is 12.1 Å². The van der Waals surface area contributed by atoms with Gasteiger partial charge in [0.2, 0.25) is 0 Å². The molecule has 1 aliphatic rings. The minimum Gasteiger partial charge on any atom is -0.399 e. The van der Waals surface area contributed by atoms with Gasteiger partial charge in [-0.15, -0.1) is 0 Å². The lowest BCUT2D eigenvalue weighted by molar-refractivity contribution is 0.0938. The zero-order valence-corrected chi connectivity index (χ0v) is 10.9. The van der Waals surface area contributed by atoms with E-state index in [0.717, 1.165) is 12.8 Å². The Bertz CT molecular complexity index is 624. The number of carbonyl (C=O) groups excluding carboxylic acids is 1. The van der Waals surface area contributed by atoms with Crippen LogP contribution < -0.4 is 11.1 Å². The highest BCUT2D eigenvalue weighted by Gasteiger charge is 2.23. The molecule has 0 fully saturated rings. The number of amides is 1. The Morgan fingerprint density at radius 3 is 2.40 bits per heavy atom. The van der Waals surface area contributed by atoms with Gasteiger partial charge in [0.25, 0.3) is 5.91 Å². The van der Waals surface area contributed by atoms with Crippen LogP contribution in [-0.4, -0.2) is 11.9 Å². The van der Waals surface area contributed by atoms with Gasteiger partial charge in [-0.25, -0.2) is 4.39 Å². The molecule has 0 heterocycles. The zero-order valence-electron chi connectivity index (χ0n) is 10.9. The van der Waals surface area contributed by atoms with E-state index >= 15 is 0 Å². The minimum atomic E-state index is -0.496. The van der Waals surface area contributed by atoms with Crippen molar-refractivity contribution >= 4 is 11.6 Å². The molecule has 1 aliphatic carbocycles. The van der Waals surface area contributed by atoms with Crippen molar-refractivity contribution in [3.63, 3.8) is 0 Å². The second-order valence-electron chi connectivity index (χ2n) is 5.12. The topological polar surface area (TPSA) is 55.1 Å². The van der Waals surface area contributed by atoms with Gasteiger partial charge in [-0.1, -0.05) is 24.3 Å². The van der Waals surface area contributed by atoms with Crippen molar-refractivity contribution in [2.24, 2.45) is 0 Å². The second kappa shape index (κ2) is 4.96. The molecular formula is C16H15FN2O. The van der Waals surface area contributed by atoms with Crippen molar-refractivity contribution in [1.82, 2.24) is 5.32 Å². The van der Waals surface area contributed by atoms with Crippen LogP contribution in [0.15, 0.2) is 42.5 Å². The maximum atomic E-state index is 13.3. The van der Waals surface area contributed by atoms with Gasteiger partial charge in [-0.3, -0.25) is 4.79 Å². The number of carbonyl (C=O) groups is 1. The van der Waals surface area contributed by atoms with Crippen LogP contribution in [0.5, 0.6) is 0 Å². The third kappa shape index (κ3) is 2.50. The highest BCUT2D eigenvalue weighted by atomic mass is 19.1. The third-order valence-corrected chi connectivity index (χ3v) is 3.57. The Kier molecular flexibility index (Phi) is 3.14. The standard InChI is InChI=1S/C16H15FN2O/c17-13-5-12(6-14(18)9-13)16(20)19-15-7-10-3-1-2-4-11(10)8-15/h1-6,9,15H,7-8,18H2,(H,19,20). The van der Waals surface area contributed by atoms with E-state index in [1.54, 1.807) is 0 Å². The Morgan fingerprint density at radius 2 is 1.80 bits per heavy atom. The summed E-state index contributed by atoms with van der Waals surface area (Å²) in [5.41, 5.74) is 8.59. The summed E-state index contributed by atoms with van der Waals surface area (Å²) < 4.78 is 13.3. The molecule has 0 aromatic heterocycles. The average Bonchev–Trinajstić information content (AvgIpc) is 2.79. The number of benzene rings is 2. The number of nitrogen functional groups attached to an aromatic ring is 1. The first kappa shape index (κ1) is 12.7. The number of nitrogens with one attached hydrogen (secondary N) is 1. The van der Waals surface area contributed by atoms with Crippen LogP contribution in [0.25, 0.3) is 0 Å². The van der Waals surface area contributed by atoms with Gasteiger partial charge in [0.15, 0.2) is 0 Å². The zero-order chi connectivity index (χ0) is 14.1. The Morgan fingerprint density at radius 1 is 1.15 bits per heavy atom. The number of halogens is 1. The number of fused-ring (bicyclic) bond motifs is 1. The molecule has 0 bridgehead atoms. The lowest BCUT2D eigenvalue weighted by atomic mass is 10.1. The number of nitrogens with two attached hydrogens (primary N) is 1. The Hall–Kier alpha value is -2.36. The molecule has 0 radical (unpaired) electrons. The van der Waals surface area contributed by atoms with Gasteiger partial charge in [0.05, 0.1) is 0 Å². The van der Waals surface area contributed by atoms with Gasteiger partial charge in [-0.2, -0.15) is 0 Å². The van der Waals surface area contributed by atoms with Crippen molar-refractivity contribution < 1.29 is 9.18 Å². The highest BCUT2D eigenvalue weighted by Crippen LogP contribution is 2.22. The molecule has 0 aliphatic heterocycles. The molecule has 0 unspecified atom stereocenters. The van der Waals surface area contributed by atoms with Crippen molar-refractivity contribution in [3.05, 3.63) is 65.0 Å². The summed E-state index contributed by atoms with van der Waals surface area (Å²) in [6.07, 6.45) is 1.62. The van der Waals surface area contributed by atoms with E-state index in [2.05, 4.69) is 17.4 Å². The summed E-state index contributed by atoms with van der Waals surface area (Å²) in [4.78, 5) is 12.1. The fraction of sp³-hybridized carbons (Fsp3) is 0.188. The van der Waals surface area contributed by atoms with Crippen LogP contribution in [0, 0.1) is 5.82 Å². The normalized spacial score (nSPS) is 14.1. The van der Waals surface area contributed by atoms with Crippen LogP contribution in [0.1, 0.15) is 21.5 Å². The molecule has 0 saturated carbocycles. The van der Waals surface area contributed by atoms with Crippen LogP contribution >= 0.6 is 0 Å². The number of anilines is 1. The molecule has 3 nitrogen and oxygen atoms in total. The molecule has 102 valence electrons. The highest BCUT2D eigenvalue weighted by molar-refractivity contribution is 5.95. The lowest BCUT2D eigenvalue weighted by Crippen LogP contribution is -2.35. The fourth-order valence-electron chi connectivity index (χ4n) is 2.67. The summed E-state index contributed by atoms with van der Waals surface area (Å²) in [6, 6.07) is 12.1. The average molecular weight is 270 g/mol. The van der Waals surface area contributed by atoms with Crippen molar-refractivity contribution in [1.29, 1.82) is 0 Å². The van der Waals surface area contributed by atoms with Crippen molar-refractivity contribution in [2.75, 3.05) is 5.73 Å². The molecule has 3 N–H and O–H groups in total. The third-order valence-electron chi connectivity index (χ3n) is 3.57. The smallest absolute Gasteiger partial charge is 0.251 e. The monoisotopic (exact) mass is 270 g/mol. The van der Waals surface area contributed by atoms with E-state index in [0.29, 0.717) is 0 Å². The molecule has 4 heteroatoms. The maximum Gasteiger partial charge on any atom is 0.251 e. The molecule has 0 saturated heterocycles. The molecule has 20 heavy (non-hydrogen) atoms. The minimum absolute atomic E-state index is 0.0596. The van der Waals surface area contributed by atoms with Gasteiger partial charge in [0, 0.05) is 17.3 Å². The molecular weight excluding hydrogens is 255 g/mol. The van der Waals surface area contributed by atoms with Crippen molar-refractivity contribution in [3.8, 4) is 0 Å². The maximum absolute atomic E-state index is 13.3. The van der Waals surface area contributed by atoms with Crippen LogP contribution in [0.2, 0.25) is 0 Å². The largest absolute Gasteiger partial charge is 0.399 e. The second-order valence-corrected chi connectivity index (χ2v) is 5.12. The van der Waals surface area contributed by atoms with Gasteiger partial charge in [-0.05, 0) is 42.2 Å². The number of hydrogen-bond acceptors (Lipinski definition) is 2. The summed E-state index contributed by atoms with van der Waals surface area (Å²) in [5.74, 6) is -0.779. The number of rotatable bonds is 2. The molecule has 2 aromatic rings. The first-order valence-corrected chi connectivity index (χ1v) is 6.55. The van der Waals surface area contributed by atoms with E-state index in [-0.39, 0.29) is 23.2 Å². The fourth-order valence-corrected chi connectivity index (χ4v) is 2.67. The van der Waals surface area contributed by atoms with Crippen molar-refractivity contribution in [2.45, 2.75) is 18.9 Å².